The van der Waals surface area contributed by atoms with Crippen molar-refractivity contribution in [1.82, 2.24) is 0 Å². The van der Waals surface area contributed by atoms with Crippen LogP contribution < -0.4 is 0 Å². The summed E-state index contributed by atoms with van der Waals surface area (Å²) in [5, 5.41) is -0.0877. The van der Waals surface area contributed by atoms with Crippen molar-refractivity contribution < 1.29 is 9.31 Å². The first-order valence-electron chi connectivity index (χ1n) is 8.80. The van der Waals surface area contributed by atoms with Crippen molar-refractivity contribution in [2.75, 3.05) is 0 Å². The summed E-state index contributed by atoms with van der Waals surface area (Å²) in [4.78, 5) is 0. The van der Waals surface area contributed by atoms with Gasteiger partial charge in [-0.3, -0.25) is 0 Å². The lowest BCUT2D eigenvalue weighted by Gasteiger charge is -2.32. The zero-order valence-corrected chi connectivity index (χ0v) is 15.6. The van der Waals surface area contributed by atoms with Gasteiger partial charge in [0.05, 0.1) is 11.2 Å². The van der Waals surface area contributed by atoms with Crippen LogP contribution in [0.3, 0.4) is 0 Å². The van der Waals surface area contributed by atoms with Gasteiger partial charge in [0.1, 0.15) is 0 Å². The maximum absolute atomic E-state index is 6.39. The summed E-state index contributed by atoms with van der Waals surface area (Å²) in [6.07, 6.45) is 7.48. The highest BCUT2D eigenvalue weighted by Crippen LogP contribution is 2.50. The molecule has 0 N–H and O–H groups in total. The maximum Gasteiger partial charge on any atom is 0.468 e. The molecule has 0 radical (unpaired) electrons. The fourth-order valence-corrected chi connectivity index (χ4v) is 3.17. The molecule has 1 atom stereocenters. The second-order valence-electron chi connectivity index (χ2n) is 7.66. The molecule has 1 aromatic rings. The van der Waals surface area contributed by atoms with E-state index in [1.807, 2.05) is 0 Å². The molecule has 1 aliphatic heterocycles. The van der Waals surface area contributed by atoms with Crippen molar-refractivity contribution in [2.45, 2.75) is 77.3 Å². The average molecular weight is 314 g/mol. The van der Waals surface area contributed by atoms with E-state index < -0.39 is 0 Å². The van der Waals surface area contributed by atoms with E-state index in [-0.39, 0.29) is 23.6 Å². The highest BCUT2D eigenvalue weighted by atomic mass is 16.7. The molecule has 3 heteroatoms. The molecule has 0 amide bonds. The molecule has 2 rings (SSSR count). The maximum atomic E-state index is 6.39. The number of hydrogen-bond donors (Lipinski definition) is 0. The van der Waals surface area contributed by atoms with Crippen LogP contribution in [-0.2, 0) is 15.7 Å². The van der Waals surface area contributed by atoms with Crippen LogP contribution in [0.15, 0.2) is 42.5 Å². The first-order chi connectivity index (χ1) is 10.8. The summed E-state index contributed by atoms with van der Waals surface area (Å²) < 4.78 is 12.8. The third kappa shape index (κ3) is 3.72. The average Bonchev–Trinajstić information content (AvgIpc) is 2.73. The quantitative estimate of drug-likeness (QED) is 0.514. The van der Waals surface area contributed by atoms with Gasteiger partial charge in [-0.2, -0.15) is 0 Å². The van der Waals surface area contributed by atoms with E-state index in [1.54, 1.807) is 0 Å². The van der Waals surface area contributed by atoms with Crippen LogP contribution in [0.25, 0.3) is 0 Å². The number of benzene rings is 1. The minimum absolute atomic E-state index is 0.0877. The first-order valence-corrected chi connectivity index (χ1v) is 8.80. The molecule has 0 aromatic heterocycles. The monoisotopic (exact) mass is 314 g/mol. The zero-order chi connectivity index (χ0) is 17.1. The number of rotatable bonds is 6. The van der Waals surface area contributed by atoms with Gasteiger partial charge in [0.15, 0.2) is 0 Å². The van der Waals surface area contributed by atoms with Gasteiger partial charge in [-0.05, 0) is 59.4 Å². The third-order valence-electron chi connectivity index (χ3n) is 5.60. The molecular weight excluding hydrogens is 283 g/mol. The second-order valence-corrected chi connectivity index (χ2v) is 7.66. The molecule has 2 nitrogen and oxygen atoms in total. The van der Waals surface area contributed by atoms with E-state index >= 15 is 0 Å². The Labute approximate surface area is 142 Å². The molecule has 1 saturated heterocycles. The molecule has 1 aliphatic rings. The summed E-state index contributed by atoms with van der Waals surface area (Å²) in [6.45, 7) is 12.8. The van der Waals surface area contributed by atoms with E-state index in [0.29, 0.717) is 0 Å². The van der Waals surface area contributed by atoms with Gasteiger partial charge in [-0.1, -0.05) is 49.4 Å². The molecule has 1 heterocycles. The first kappa shape index (κ1) is 18.3. The SMILES string of the molecule is C/C=C/[C@@](CC)(CCc1ccccc1)B1OC(C)(C)C(C)(C)O1. The Morgan fingerprint density at radius 2 is 1.61 bits per heavy atom. The molecule has 0 aliphatic carbocycles. The Kier molecular flexibility index (Phi) is 5.42. The van der Waals surface area contributed by atoms with Gasteiger partial charge in [-0.25, -0.2) is 0 Å². The Balaban J connectivity index is 2.22. The van der Waals surface area contributed by atoms with E-state index in [2.05, 4.69) is 84.0 Å². The molecule has 1 fully saturated rings. The third-order valence-corrected chi connectivity index (χ3v) is 5.60. The van der Waals surface area contributed by atoms with Crippen molar-refractivity contribution in [1.29, 1.82) is 0 Å². The van der Waals surface area contributed by atoms with Crippen LogP contribution in [0.2, 0.25) is 5.31 Å². The summed E-state index contributed by atoms with van der Waals surface area (Å²) in [5.41, 5.74) is 0.796. The normalized spacial score (nSPS) is 22.4. The lowest BCUT2D eigenvalue weighted by molar-refractivity contribution is 0.00578. The molecular formula is C20H31BO2. The molecule has 0 saturated carbocycles. The second kappa shape index (κ2) is 6.82. The van der Waals surface area contributed by atoms with Gasteiger partial charge < -0.3 is 9.31 Å². The molecule has 1 aromatic carbocycles. The van der Waals surface area contributed by atoms with E-state index in [9.17, 15) is 0 Å². The number of allylic oxidation sites excluding steroid dienone is 2. The summed E-state index contributed by atoms with van der Waals surface area (Å²) in [7, 11) is -0.197. The van der Waals surface area contributed by atoms with Gasteiger partial charge in [0.2, 0.25) is 0 Å². The Morgan fingerprint density at radius 1 is 1.04 bits per heavy atom. The lowest BCUT2D eigenvalue weighted by atomic mass is 9.53. The number of hydrogen-bond acceptors (Lipinski definition) is 2. The van der Waals surface area contributed by atoms with Crippen LogP contribution in [-0.4, -0.2) is 18.3 Å². The van der Waals surface area contributed by atoms with Gasteiger partial charge in [0.25, 0.3) is 0 Å². The predicted octanol–water partition coefficient (Wildman–Crippen LogP) is 5.44. The van der Waals surface area contributed by atoms with Gasteiger partial charge in [0, 0.05) is 5.31 Å². The summed E-state index contributed by atoms with van der Waals surface area (Å²) >= 11 is 0. The predicted molar refractivity (Wildman–Crippen MR) is 98.6 cm³/mol. The topological polar surface area (TPSA) is 18.5 Å². The van der Waals surface area contributed by atoms with E-state index in [0.717, 1.165) is 19.3 Å². The molecule has 0 bridgehead atoms. The Morgan fingerprint density at radius 3 is 2.09 bits per heavy atom. The highest BCUT2D eigenvalue weighted by molar-refractivity contribution is 6.50. The standard InChI is InChI=1S/C20H31BO2/c1-7-15-20(8-2,16-14-17-12-10-9-11-13-17)21-22-18(3,4)19(5,6)23-21/h7,9-13,15H,8,14,16H2,1-6H3/b15-7+/t20-/m0/s1. The minimum atomic E-state index is -0.285. The van der Waals surface area contributed by atoms with Crippen LogP contribution in [0, 0.1) is 0 Å². The lowest BCUT2D eigenvalue weighted by Crippen LogP contribution is -2.41. The van der Waals surface area contributed by atoms with E-state index in [4.69, 9.17) is 9.31 Å². The van der Waals surface area contributed by atoms with Crippen molar-refractivity contribution in [3.05, 3.63) is 48.0 Å². The van der Waals surface area contributed by atoms with Gasteiger partial charge in [-0.15, -0.1) is 0 Å². The number of aryl methyl sites for hydroxylation is 1. The smallest absolute Gasteiger partial charge is 0.403 e. The Hall–Kier alpha value is -1.06. The molecule has 126 valence electrons. The fourth-order valence-electron chi connectivity index (χ4n) is 3.17. The van der Waals surface area contributed by atoms with Crippen LogP contribution in [0.5, 0.6) is 0 Å². The van der Waals surface area contributed by atoms with Gasteiger partial charge >= 0.3 is 7.12 Å². The van der Waals surface area contributed by atoms with Crippen LogP contribution in [0.4, 0.5) is 0 Å². The van der Waals surface area contributed by atoms with Crippen molar-refractivity contribution in [2.24, 2.45) is 0 Å². The largest absolute Gasteiger partial charge is 0.468 e. The van der Waals surface area contributed by atoms with Crippen molar-refractivity contribution in [3.8, 4) is 0 Å². The van der Waals surface area contributed by atoms with Crippen LogP contribution >= 0.6 is 0 Å². The molecule has 0 spiro atoms. The minimum Gasteiger partial charge on any atom is -0.403 e. The fraction of sp³-hybridized carbons (Fsp3) is 0.600. The van der Waals surface area contributed by atoms with Crippen LogP contribution in [0.1, 0.15) is 59.9 Å². The summed E-state index contributed by atoms with van der Waals surface area (Å²) in [5.74, 6) is 0. The molecule has 0 unspecified atom stereocenters. The van der Waals surface area contributed by atoms with E-state index in [1.165, 1.54) is 5.56 Å². The molecule has 23 heavy (non-hydrogen) atoms. The van der Waals surface area contributed by atoms with Crippen molar-refractivity contribution in [3.63, 3.8) is 0 Å². The highest BCUT2D eigenvalue weighted by Gasteiger charge is 2.57. The summed E-state index contributed by atoms with van der Waals surface area (Å²) in [6, 6.07) is 10.7. The van der Waals surface area contributed by atoms with Crippen molar-refractivity contribution >= 4 is 7.12 Å². The zero-order valence-electron chi connectivity index (χ0n) is 15.6. The Bertz CT molecular complexity index is 520.